The minimum atomic E-state index is -4.79. The standard InChI is InChI=1S/C18H16BrF3N2O2S/c19-14-7-5-6-13(12-14)16(9-3-4-11-23)24-27(25,26)17-10-2-1-8-15(17)18(20,21)22/h1-2,5-8,10,12,16,24H,3-4,9H2/t16-/m0/s1. The number of hydrogen-bond acceptors (Lipinski definition) is 3. The van der Waals surface area contributed by atoms with E-state index in [0.717, 1.165) is 18.2 Å². The van der Waals surface area contributed by atoms with E-state index in [1.54, 1.807) is 24.3 Å². The number of nitrogens with one attached hydrogen (secondary N) is 1. The maximum Gasteiger partial charge on any atom is 0.417 e. The van der Waals surface area contributed by atoms with Gasteiger partial charge in [0.2, 0.25) is 10.0 Å². The fraction of sp³-hybridized carbons (Fsp3) is 0.278. The van der Waals surface area contributed by atoms with E-state index in [9.17, 15) is 21.6 Å². The Hall–Kier alpha value is -1.89. The Bertz CT molecular complexity index is 940. The van der Waals surface area contributed by atoms with Crippen molar-refractivity contribution in [2.24, 2.45) is 0 Å². The summed E-state index contributed by atoms with van der Waals surface area (Å²) in [6, 6.07) is 12.1. The number of halogens is 4. The van der Waals surface area contributed by atoms with Crippen LogP contribution in [0.1, 0.15) is 36.4 Å². The number of benzene rings is 2. The van der Waals surface area contributed by atoms with E-state index < -0.39 is 32.7 Å². The number of nitriles is 1. The van der Waals surface area contributed by atoms with Crippen molar-refractivity contribution in [3.63, 3.8) is 0 Å². The predicted molar refractivity (Wildman–Crippen MR) is 98.1 cm³/mol. The normalized spacial score (nSPS) is 13.1. The largest absolute Gasteiger partial charge is 0.417 e. The lowest BCUT2D eigenvalue weighted by Crippen LogP contribution is -2.30. The molecule has 0 spiro atoms. The Labute approximate surface area is 164 Å². The lowest BCUT2D eigenvalue weighted by Gasteiger charge is -2.21. The highest BCUT2D eigenvalue weighted by molar-refractivity contribution is 9.10. The molecule has 0 radical (unpaired) electrons. The maximum absolute atomic E-state index is 13.2. The minimum Gasteiger partial charge on any atom is -0.207 e. The molecular weight excluding hydrogens is 445 g/mol. The van der Waals surface area contributed by atoms with Gasteiger partial charge < -0.3 is 0 Å². The molecule has 2 rings (SSSR count). The molecule has 0 heterocycles. The van der Waals surface area contributed by atoms with Gasteiger partial charge in [-0.05, 0) is 42.7 Å². The summed E-state index contributed by atoms with van der Waals surface area (Å²) in [7, 11) is -4.44. The van der Waals surface area contributed by atoms with Crippen LogP contribution in [0, 0.1) is 11.3 Å². The van der Waals surface area contributed by atoms with Gasteiger partial charge in [-0.1, -0.05) is 40.2 Å². The molecule has 4 nitrogen and oxygen atoms in total. The topological polar surface area (TPSA) is 70.0 Å². The molecule has 0 unspecified atom stereocenters. The SMILES string of the molecule is N#CCCC[C@H](NS(=O)(=O)c1ccccc1C(F)(F)F)c1cccc(Br)c1. The van der Waals surface area contributed by atoms with Crippen molar-refractivity contribution >= 4 is 26.0 Å². The van der Waals surface area contributed by atoms with Gasteiger partial charge >= 0.3 is 6.18 Å². The summed E-state index contributed by atoms with van der Waals surface area (Å²) in [4.78, 5) is -0.821. The molecule has 27 heavy (non-hydrogen) atoms. The van der Waals surface area contributed by atoms with Crippen molar-refractivity contribution in [2.45, 2.75) is 36.4 Å². The summed E-state index contributed by atoms with van der Waals surface area (Å²) < 4.78 is 68.1. The highest BCUT2D eigenvalue weighted by atomic mass is 79.9. The number of nitrogens with zero attached hydrogens (tertiary/aromatic N) is 1. The fourth-order valence-electron chi connectivity index (χ4n) is 2.59. The first kappa shape index (κ1) is 21.4. The highest BCUT2D eigenvalue weighted by Crippen LogP contribution is 2.35. The van der Waals surface area contributed by atoms with Crippen molar-refractivity contribution in [1.82, 2.24) is 4.72 Å². The van der Waals surface area contributed by atoms with Crippen molar-refractivity contribution in [1.29, 1.82) is 5.26 Å². The zero-order chi connectivity index (χ0) is 20.1. The summed E-state index contributed by atoms with van der Waals surface area (Å²) >= 11 is 3.30. The average Bonchev–Trinajstić information content (AvgIpc) is 2.60. The number of alkyl halides is 3. The van der Waals surface area contributed by atoms with Crippen LogP contribution in [0.5, 0.6) is 0 Å². The van der Waals surface area contributed by atoms with Crippen molar-refractivity contribution in [2.75, 3.05) is 0 Å². The Morgan fingerprint density at radius 1 is 1.15 bits per heavy atom. The molecule has 0 bridgehead atoms. The maximum atomic E-state index is 13.2. The van der Waals surface area contributed by atoms with Crippen molar-refractivity contribution < 1.29 is 21.6 Å². The Kier molecular flexibility index (Phi) is 7.03. The van der Waals surface area contributed by atoms with Crippen LogP contribution in [0.25, 0.3) is 0 Å². The Balaban J connectivity index is 2.40. The quantitative estimate of drug-likeness (QED) is 0.578. The summed E-state index contributed by atoms with van der Waals surface area (Å²) in [5, 5.41) is 8.71. The van der Waals surface area contributed by atoms with Gasteiger partial charge in [0.15, 0.2) is 0 Å². The molecule has 0 amide bonds. The molecular formula is C18H16BrF3N2O2S. The first-order valence-corrected chi connectivity index (χ1v) is 10.2. The highest BCUT2D eigenvalue weighted by Gasteiger charge is 2.37. The molecule has 0 aromatic heterocycles. The summed E-state index contributed by atoms with van der Waals surface area (Å²) in [6.07, 6.45) is -3.91. The third-order valence-corrected chi connectivity index (χ3v) is 5.83. The third kappa shape index (κ3) is 5.79. The smallest absolute Gasteiger partial charge is 0.207 e. The van der Waals surface area contributed by atoms with E-state index in [0.29, 0.717) is 16.5 Å². The zero-order valence-corrected chi connectivity index (χ0v) is 16.4. The van der Waals surface area contributed by atoms with Crippen LogP contribution in [0.3, 0.4) is 0 Å². The van der Waals surface area contributed by atoms with Crippen LogP contribution in [0.4, 0.5) is 13.2 Å². The molecule has 9 heteroatoms. The predicted octanol–water partition coefficient (Wildman–Crippen LogP) is 5.18. The van der Waals surface area contributed by atoms with Crippen molar-refractivity contribution in [3.8, 4) is 6.07 Å². The average molecular weight is 461 g/mol. The van der Waals surface area contributed by atoms with E-state index >= 15 is 0 Å². The van der Waals surface area contributed by atoms with Gasteiger partial charge in [-0.15, -0.1) is 0 Å². The third-order valence-electron chi connectivity index (χ3n) is 3.81. The molecule has 0 aliphatic carbocycles. The number of sulfonamides is 1. The van der Waals surface area contributed by atoms with Gasteiger partial charge in [0, 0.05) is 16.9 Å². The molecule has 1 atom stereocenters. The minimum absolute atomic E-state index is 0.214. The Morgan fingerprint density at radius 3 is 2.48 bits per heavy atom. The molecule has 0 aliphatic heterocycles. The van der Waals surface area contributed by atoms with Crippen molar-refractivity contribution in [3.05, 3.63) is 64.1 Å². The first-order valence-electron chi connectivity index (χ1n) is 7.96. The molecule has 144 valence electrons. The van der Waals surface area contributed by atoms with Gasteiger partial charge in [0.05, 0.1) is 16.5 Å². The van der Waals surface area contributed by atoms with E-state index in [1.165, 1.54) is 6.07 Å². The number of rotatable bonds is 7. The molecule has 2 aromatic rings. The fourth-order valence-corrected chi connectivity index (χ4v) is 4.49. The Morgan fingerprint density at radius 2 is 1.85 bits per heavy atom. The second-order valence-electron chi connectivity index (χ2n) is 5.77. The van der Waals surface area contributed by atoms with Gasteiger partial charge in [0.1, 0.15) is 0 Å². The van der Waals surface area contributed by atoms with Crippen LogP contribution in [0.15, 0.2) is 57.9 Å². The van der Waals surface area contributed by atoms with Crippen LogP contribution >= 0.6 is 15.9 Å². The van der Waals surface area contributed by atoms with Crippen LogP contribution in [-0.2, 0) is 16.2 Å². The molecule has 1 N–H and O–H groups in total. The van der Waals surface area contributed by atoms with E-state index in [2.05, 4.69) is 20.7 Å². The second kappa shape index (κ2) is 8.87. The van der Waals surface area contributed by atoms with Gasteiger partial charge in [-0.25, -0.2) is 13.1 Å². The van der Waals surface area contributed by atoms with Gasteiger partial charge in [0.25, 0.3) is 0 Å². The van der Waals surface area contributed by atoms with Crippen LogP contribution in [-0.4, -0.2) is 8.42 Å². The van der Waals surface area contributed by atoms with Gasteiger partial charge in [-0.3, -0.25) is 0 Å². The molecule has 2 aromatic carbocycles. The van der Waals surface area contributed by atoms with Gasteiger partial charge in [-0.2, -0.15) is 18.4 Å². The van der Waals surface area contributed by atoms with Crippen LogP contribution < -0.4 is 4.72 Å². The molecule has 0 saturated carbocycles. The zero-order valence-electron chi connectivity index (χ0n) is 14.0. The van der Waals surface area contributed by atoms with E-state index in [-0.39, 0.29) is 12.8 Å². The lowest BCUT2D eigenvalue weighted by molar-refractivity contribution is -0.139. The first-order chi connectivity index (χ1) is 12.6. The molecule has 0 fully saturated rings. The number of unbranched alkanes of at least 4 members (excludes halogenated alkanes) is 1. The molecule has 0 aliphatic rings. The van der Waals surface area contributed by atoms with E-state index in [4.69, 9.17) is 5.26 Å². The summed E-state index contributed by atoms with van der Waals surface area (Å²) in [5.41, 5.74) is -0.627. The van der Waals surface area contributed by atoms with E-state index in [1.807, 2.05) is 6.07 Å². The molecule has 0 saturated heterocycles. The summed E-state index contributed by atoms with van der Waals surface area (Å²) in [6.45, 7) is 0. The second-order valence-corrected chi connectivity index (χ2v) is 8.37. The monoisotopic (exact) mass is 460 g/mol. The van der Waals surface area contributed by atoms with Crippen LogP contribution in [0.2, 0.25) is 0 Å². The lowest BCUT2D eigenvalue weighted by atomic mass is 10.0. The summed E-state index contributed by atoms with van der Waals surface area (Å²) in [5.74, 6) is 0. The number of hydrogen-bond donors (Lipinski definition) is 1.